The maximum absolute atomic E-state index is 13.2. The van der Waals surface area contributed by atoms with Gasteiger partial charge in [0.05, 0.1) is 17.4 Å². The third-order valence-corrected chi connectivity index (χ3v) is 7.95. The Morgan fingerprint density at radius 3 is 2.71 bits per heavy atom. The minimum absolute atomic E-state index is 0.0256. The summed E-state index contributed by atoms with van der Waals surface area (Å²) < 4.78 is 0. The molecule has 0 unspecified atom stereocenters. The smallest absolute Gasteiger partial charge is 0.254 e. The van der Waals surface area contributed by atoms with Crippen LogP contribution in [0, 0.1) is 11.8 Å². The number of anilines is 2. The molecule has 0 aliphatic heterocycles. The number of nitrogens with one attached hydrogen (secondary N) is 5. The predicted octanol–water partition coefficient (Wildman–Crippen LogP) is 3.63. The first-order valence-corrected chi connectivity index (χ1v) is 13.2. The molecular formula is C23H27ClN6O2S2. The van der Waals surface area contributed by atoms with Crippen LogP contribution >= 0.6 is 35.2 Å². The van der Waals surface area contributed by atoms with Gasteiger partial charge in [-0.2, -0.15) is 0 Å². The fourth-order valence-electron chi connectivity index (χ4n) is 4.04. The van der Waals surface area contributed by atoms with Crippen LogP contribution in [-0.4, -0.2) is 34.5 Å². The summed E-state index contributed by atoms with van der Waals surface area (Å²) in [5.74, 6) is 0.609. The van der Waals surface area contributed by atoms with Gasteiger partial charge in [-0.3, -0.25) is 20.4 Å². The van der Waals surface area contributed by atoms with E-state index in [0.29, 0.717) is 39.7 Å². The Hall–Kier alpha value is -2.43. The molecule has 2 aromatic rings. The molecule has 1 atom stereocenters. The summed E-state index contributed by atoms with van der Waals surface area (Å²) >= 11 is 12.8. The molecule has 0 bridgehead atoms. The number of hydrogen-bond acceptors (Lipinski definition) is 6. The highest BCUT2D eigenvalue weighted by Gasteiger charge is 2.34. The normalized spacial score (nSPS) is 19.0. The molecule has 5 N–H and O–H groups in total. The average Bonchev–Trinajstić information content (AvgIpc) is 3.74. The number of fused-ring (bicyclic) bond motifs is 1. The number of halogens is 1. The van der Waals surface area contributed by atoms with Gasteiger partial charge in [-0.15, -0.1) is 11.3 Å². The zero-order valence-corrected chi connectivity index (χ0v) is 21.0. The van der Waals surface area contributed by atoms with Gasteiger partial charge >= 0.3 is 0 Å². The van der Waals surface area contributed by atoms with Gasteiger partial charge in [0.15, 0.2) is 5.11 Å². The first kappa shape index (κ1) is 23.3. The van der Waals surface area contributed by atoms with Crippen LogP contribution in [0.1, 0.15) is 52.9 Å². The van der Waals surface area contributed by atoms with Crippen molar-refractivity contribution >= 4 is 62.8 Å². The first-order valence-electron chi connectivity index (χ1n) is 11.6. The zero-order valence-electron chi connectivity index (χ0n) is 18.6. The molecule has 2 fully saturated rings. The predicted molar refractivity (Wildman–Crippen MR) is 138 cm³/mol. The van der Waals surface area contributed by atoms with E-state index in [1.807, 2.05) is 0 Å². The quantitative estimate of drug-likeness (QED) is 0.206. The molecular weight excluding hydrogens is 492 g/mol. The average molecular weight is 519 g/mol. The van der Waals surface area contributed by atoms with Crippen LogP contribution in [0.3, 0.4) is 0 Å². The third-order valence-electron chi connectivity index (χ3n) is 6.30. The summed E-state index contributed by atoms with van der Waals surface area (Å²) in [5, 5.41) is 11.0. The molecule has 0 saturated heterocycles. The van der Waals surface area contributed by atoms with Gasteiger partial charge < -0.3 is 16.0 Å². The van der Waals surface area contributed by atoms with Crippen molar-refractivity contribution in [3.8, 4) is 0 Å². The maximum atomic E-state index is 13.2. The Kier molecular flexibility index (Phi) is 6.89. The Bertz CT molecular complexity index is 1100. The molecule has 3 aliphatic carbocycles. The van der Waals surface area contributed by atoms with Crippen LogP contribution in [0.4, 0.5) is 10.7 Å². The number of aryl methyl sites for hydroxylation is 1. The first-order chi connectivity index (χ1) is 16.5. The molecule has 2 amide bonds. The lowest BCUT2D eigenvalue weighted by molar-refractivity contribution is -0.117. The molecule has 5 rings (SSSR count). The van der Waals surface area contributed by atoms with Crippen molar-refractivity contribution in [2.45, 2.75) is 51.0 Å². The topological polar surface area (TPSA) is 107 Å². The van der Waals surface area contributed by atoms with Crippen molar-refractivity contribution in [2.24, 2.45) is 11.8 Å². The number of hydrazine groups is 1. The van der Waals surface area contributed by atoms with Crippen LogP contribution in [0.2, 0.25) is 5.15 Å². The number of thiocarbonyl (C=S) groups is 1. The summed E-state index contributed by atoms with van der Waals surface area (Å²) in [5.41, 5.74) is 8.36. The molecule has 8 nitrogen and oxygen atoms in total. The van der Waals surface area contributed by atoms with Crippen LogP contribution in [0.25, 0.3) is 0 Å². The van der Waals surface area contributed by atoms with Crippen molar-refractivity contribution in [1.29, 1.82) is 0 Å². The molecule has 2 heterocycles. The minimum atomic E-state index is -0.0891. The summed E-state index contributed by atoms with van der Waals surface area (Å²) in [7, 11) is 0. The third kappa shape index (κ3) is 5.79. The number of aromatic nitrogens is 1. The second-order valence-electron chi connectivity index (χ2n) is 9.16. The maximum Gasteiger partial charge on any atom is 0.254 e. The van der Waals surface area contributed by atoms with E-state index in [1.165, 1.54) is 17.7 Å². The number of pyridine rings is 1. The second kappa shape index (κ2) is 10.1. The van der Waals surface area contributed by atoms with Gasteiger partial charge in [0.1, 0.15) is 10.2 Å². The number of hydrogen-bond donors (Lipinski definition) is 5. The molecule has 2 aromatic heterocycles. The largest absolute Gasteiger partial charge is 0.358 e. The summed E-state index contributed by atoms with van der Waals surface area (Å²) in [4.78, 5) is 30.8. The minimum Gasteiger partial charge on any atom is -0.358 e. The van der Waals surface area contributed by atoms with E-state index < -0.39 is 0 Å². The number of thiophene rings is 1. The summed E-state index contributed by atoms with van der Waals surface area (Å²) in [6.07, 6.45) is 8.19. The number of rotatable bonds is 8. The highest BCUT2D eigenvalue weighted by Crippen LogP contribution is 2.40. The molecule has 11 heteroatoms. The van der Waals surface area contributed by atoms with Crippen molar-refractivity contribution in [1.82, 2.24) is 21.0 Å². The zero-order chi connectivity index (χ0) is 23.7. The molecule has 0 spiro atoms. The molecule has 2 saturated carbocycles. The Morgan fingerprint density at radius 2 is 2.00 bits per heavy atom. The van der Waals surface area contributed by atoms with Crippen LogP contribution in [0.15, 0.2) is 18.3 Å². The lowest BCUT2D eigenvalue weighted by Gasteiger charge is -2.25. The van der Waals surface area contributed by atoms with Gasteiger partial charge in [-0.05, 0) is 80.8 Å². The van der Waals surface area contributed by atoms with Crippen molar-refractivity contribution < 1.29 is 9.59 Å². The highest BCUT2D eigenvalue weighted by atomic mass is 35.5. The Balaban J connectivity index is 1.25. The molecule has 0 radical (unpaired) electrons. The lowest BCUT2D eigenvalue weighted by Crippen LogP contribution is -2.46. The fourth-order valence-corrected chi connectivity index (χ4v) is 5.62. The van der Waals surface area contributed by atoms with E-state index in [0.717, 1.165) is 36.9 Å². The van der Waals surface area contributed by atoms with Gasteiger partial charge in [-0.1, -0.05) is 11.6 Å². The van der Waals surface area contributed by atoms with E-state index in [4.69, 9.17) is 23.8 Å². The van der Waals surface area contributed by atoms with Crippen molar-refractivity contribution in [2.75, 3.05) is 17.3 Å². The molecule has 34 heavy (non-hydrogen) atoms. The van der Waals surface area contributed by atoms with Gasteiger partial charge in [0, 0.05) is 23.4 Å². The van der Waals surface area contributed by atoms with Crippen molar-refractivity contribution in [3.63, 3.8) is 0 Å². The van der Waals surface area contributed by atoms with Crippen LogP contribution in [0.5, 0.6) is 0 Å². The standard InChI is InChI=1S/C23H27ClN6O2S2/c24-18-8-6-15(11-25-18)29-30-23(33)27-14-5-7-17-16(9-14)19(21(32)26-10-12-1-2-12)22(34-17)28-20(31)13-3-4-13/h6,8,11-14,29H,1-5,7,9-10H2,(H,26,32)(H,28,31)(H2,27,30,33)/t14-/m0/s1. The van der Waals surface area contributed by atoms with E-state index >= 15 is 0 Å². The van der Waals surface area contributed by atoms with Crippen LogP contribution in [-0.2, 0) is 17.6 Å². The van der Waals surface area contributed by atoms with Crippen molar-refractivity contribution in [3.05, 3.63) is 39.5 Å². The summed E-state index contributed by atoms with van der Waals surface area (Å²) in [6, 6.07) is 3.57. The van der Waals surface area contributed by atoms with Gasteiger partial charge in [0.25, 0.3) is 5.91 Å². The SMILES string of the molecule is O=C(NCC1CC1)c1c(NC(=O)C2CC2)sc2c1C[C@@H](NC(=S)NNc1ccc(Cl)nc1)CC2. The molecule has 0 aromatic carbocycles. The number of carbonyl (C=O) groups is 2. The highest BCUT2D eigenvalue weighted by molar-refractivity contribution is 7.80. The summed E-state index contributed by atoms with van der Waals surface area (Å²) in [6.45, 7) is 0.695. The van der Waals surface area contributed by atoms with E-state index in [-0.39, 0.29) is 23.8 Å². The number of carbonyl (C=O) groups excluding carboxylic acids is 2. The van der Waals surface area contributed by atoms with E-state index in [1.54, 1.807) is 29.7 Å². The number of nitrogens with zero attached hydrogens (tertiary/aromatic N) is 1. The van der Waals surface area contributed by atoms with E-state index in [2.05, 4.69) is 31.8 Å². The molecule has 3 aliphatic rings. The molecule has 180 valence electrons. The van der Waals surface area contributed by atoms with E-state index in [9.17, 15) is 9.59 Å². The Morgan fingerprint density at radius 1 is 1.18 bits per heavy atom. The van der Waals surface area contributed by atoms with Gasteiger partial charge in [0.2, 0.25) is 5.91 Å². The second-order valence-corrected chi connectivity index (χ2v) is 11.1. The van der Waals surface area contributed by atoms with Gasteiger partial charge in [-0.25, -0.2) is 4.98 Å². The number of amides is 2. The fraction of sp³-hybridized carbons (Fsp3) is 0.478. The monoisotopic (exact) mass is 518 g/mol. The van der Waals surface area contributed by atoms with Crippen LogP contribution < -0.4 is 26.8 Å². The lowest BCUT2D eigenvalue weighted by atomic mass is 9.91. The Labute approximate surface area is 212 Å².